The summed E-state index contributed by atoms with van der Waals surface area (Å²) in [4.78, 5) is 23.2. The number of benzene rings is 2. The van der Waals surface area contributed by atoms with Crippen molar-refractivity contribution in [1.29, 1.82) is 0 Å². The topological polar surface area (TPSA) is 116 Å². The number of carbonyl (C=O) groups excluding carboxylic acids is 1. The number of hydrogen-bond acceptors (Lipinski definition) is 9. The van der Waals surface area contributed by atoms with E-state index in [0.717, 1.165) is 23.1 Å². The largest absolute Gasteiger partial charge is 0.861 e. The van der Waals surface area contributed by atoms with Gasteiger partial charge in [-0.25, -0.2) is 9.98 Å². The summed E-state index contributed by atoms with van der Waals surface area (Å²) in [7, 11) is 1.58. The highest BCUT2D eigenvalue weighted by Crippen LogP contribution is 2.29. The molecular formula is C25H25N5O5S. The third kappa shape index (κ3) is 6.37. The van der Waals surface area contributed by atoms with Gasteiger partial charge >= 0.3 is 5.88 Å². The van der Waals surface area contributed by atoms with Gasteiger partial charge in [-0.1, -0.05) is 42.1 Å². The Morgan fingerprint density at radius 3 is 2.72 bits per heavy atom. The average Bonchev–Trinajstić information content (AvgIpc) is 3.46. The van der Waals surface area contributed by atoms with E-state index in [-0.39, 0.29) is 23.2 Å². The van der Waals surface area contributed by atoms with Gasteiger partial charge in [-0.15, -0.1) is 0 Å². The molecule has 4 rings (SSSR count). The standard InChI is InChI=1S/C25H25N5O5S/c1-3-34-20-11-9-18(10-12-20)15-21-24(32)30(19-7-5-4-6-8-19)25(26-21)36-17-22(31)27-23-16-29(28-35-23)13-14-33-2/h4-12,15-16H,3,13-14,17H2,1-2H3/b21-15+. The molecule has 186 valence electrons. The molecule has 0 unspecified atom stereocenters. The van der Waals surface area contributed by atoms with Crippen LogP contribution in [0.15, 0.2) is 81.0 Å². The number of ether oxygens (including phenoxy) is 2. The smallest absolute Gasteiger partial charge is 0.320 e. The average molecular weight is 508 g/mol. The van der Waals surface area contributed by atoms with Gasteiger partial charge in [-0.05, 0) is 53.4 Å². The summed E-state index contributed by atoms with van der Waals surface area (Å²) in [5.41, 5.74) is 1.73. The van der Waals surface area contributed by atoms with E-state index in [1.807, 2.05) is 61.5 Å². The van der Waals surface area contributed by atoms with Crippen molar-refractivity contribution in [2.24, 2.45) is 9.98 Å². The zero-order chi connectivity index (χ0) is 25.3. The highest BCUT2D eigenvalue weighted by molar-refractivity contribution is 8.14. The minimum absolute atomic E-state index is 0.0372. The lowest BCUT2D eigenvalue weighted by molar-refractivity contribution is -0.763. The van der Waals surface area contributed by atoms with Gasteiger partial charge in [0, 0.05) is 12.9 Å². The number of thioether (sulfide) groups is 1. The number of amides is 1. The predicted molar refractivity (Wildman–Crippen MR) is 135 cm³/mol. The molecule has 0 bridgehead atoms. The van der Waals surface area contributed by atoms with E-state index in [4.69, 9.17) is 14.0 Å². The number of aromatic nitrogens is 2. The van der Waals surface area contributed by atoms with E-state index < -0.39 is 5.90 Å². The molecule has 0 spiro atoms. The second-order valence-corrected chi connectivity index (χ2v) is 8.43. The van der Waals surface area contributed by atoms with Crippen LogP contribution in [0.25, 0.3) is 6.08 Å². The van der Waals surface area contributed by atoms with Crippen LogP contribution >= 0.6 is 11.8 Å². The molecular weight excluding hydrogens is 482 g/mol. The second kappa shape index (κ2) is 12.1. The number of para-hydroxylation sites is 1. The third-order valence-electron chi connectivity index (χ3n) is 4.92. The molecule has 0 aliphatic carbocycles. The quantitative estimate of drug-likeness (QED) is 0.179. The summed E-state index contributed by atoms with van der Waals surface area (Å²) in [5.74, 6) is 0.0850. The Morgan fingerprint density at radius 2 is 2.00 bits per heavy atom. The number of methoxy groups -OCH3 is 1. The third-order valence-corrected chi connectivity index (χ3v) is 5.84. The summed E-state index contributed by atoms with van der Waals surface area (Å²) < 4.78 is 17.0. The maximum atomic E-state index is 13.3. The Hall–Kier alpha value is -3.96. The van der Waals surface area contributed by atoms with Crippen molar-refractivity contribution in [3.63, 3.8) is 0 Å². The molecule has 2 aromatic carbocycles. The van der Waals surface area contributed by atoms with Crippen LogP contribution < -0.4 is 19.4 Å². The van der Waals surface area contributed by atoms with Crippen molar-refractivity contribution in [2.75, 3.05) is 31.0 Å². The first-order valence-corrected chi connectivity index (χ1v) is 12.2. The van der Waals surface area contributed by atoms with Gasteiger partial charge < -0.3 is 14.6 Å². The van der Waals surface area contributed by atoms with Gasteiger partial charge in [0.05, 0.1) is 12.3 Å². The predicted octanol–water partition coefficient (Wildman–Crippen LogP) is 2.57. The summed E-state index contributed by atoms with van der Waals surface area (Å²) in [5, 5.41) is 16.7. The normalized spacial score (nSPS) is 15.0. The fourth-order valence-electron chi connectivity index (χ4n) is 3.27. The van der Waals surface area contributed by atoms with Gasteiger partial charge in [0.1, 0.15) is 18.1 Å². The van der Waals surface area contributed by atoms with Crippen LogP contribution in [0.2, 0.25) is 0 Å². The van der Waals surface area contributed by atoms with E-state index in [9.17, 15) is 9.90 Å². The number of nitrogens with zero attached hydrogens (tertiary/aromatic N) is 5. The molecule has 0 radical (unpaired) electrons. The van der Waals surface area contributed by atoms with Crippen molar-refractivity contribution in [1.82, 2.24) is 5.27 Å². The zero-order valence-corrected chi connectivity index (χ0v) is 20.7. The molecule has 1 aliphatic heterocycles. The molecule has 1 aromatic heterocycles. The lowest BCUT2D eigenvalue weighted by Gasteiger charge is -2.18. The van der Waals surface area contributed by atoms with Crippen molar-refractivity contribution in [3.05, 3.63) is 72.1 Å². The Bertz CT molecular complexity index is 1270. The number of aliphatic imine (C=N–C) groups is 2. The molecule has 1 aliphatic rings. The highest BCUT2D eigenvalue weighted by atomic mass is 32.2. The Kier molecular flexibility index (Phi) is 8.48. The van der Waals surface area contributed by atoms with E-state index in [0.29, 0.717) is 30.6 Å². The minimum Gasteiger partial charge on any atom is -0.861 e. The van der Waals surface area contributed by atoms with Crippen LogP contribution in [0.5, 0.6) is 5.75 Å². The second-order valence-electron chi connectivity index (χ2n) is 7.49. The van der Waals surface area contributed by atoms with E-state index in [1.54, 1.807) is 13.2 Å². The van der Waals surface area contributed by atoms with Crippen molar-refractivity contribution in [3.8, 4) is 5.75 Å². The van der Waals surface area contributed by atoms with Crippen LogP contribution in [0.3, 0.4) is 0 Å². The van der Waals surface area contributed by atoms with Crippen molar-refractivity contribution in [2.45, 2.75) is 13.5 Å². The lowest BCUT2D eigenvalue weighted by atomic mass is 10.2. The Balaban J connectivity index is 1.52. The molecule has 11 heteroatoms. The number of rotatable bonds is 10. The van der Waals surface area contributed by atoms with Crippen molar-refractivity contribution < 1.29 is 28.6 Å². The number of carbonyl (C=O) groups is 1. The van der Waals surface area contributed by atoms with E-state index in [1.165, 1.54) is 15.8 Å². The van der Waals surface area contributed by atoms with Crippen LogP contribution in [-0.2, 0) is 16.1 Å². The lowest BCUT2D eigenvalue weighted by Crippen LogP contribution is -2.36. The molecule has 10 nitrogen and oxygen atoms in total. The number of hydrogen-bond donors (Lipinski definition) is 0. The van der Waals surface area contributed by atoms with Crippen LogP contribution in [-0.4, -0.2) is 48.3 Å². The molecule has 0 saturated heterocycles. The maximum Gasteiger partial charge on any atom is 0.320 e. The molecule has 0 N–H and O–H groups in total. The van der Waals surface area contributed by atoms with Gasteiger partial charge in [0.15, 0.2) is 5.17 Å². The highest BCUT2D eigenvalue weighted by Gasteiger charge is 2.31. The van der Waals surface area contributed by atoms with Crippen LogP contribution in [0.4, 0.5) is 11.6 Å². The molecule has 0 saturated carbocycles. The zero-order valence-electron chi connectivity index (χ0n) is 19.9. The molecule has 0 fully saturated rings. The summed E-state index contributed by atoms with van der Waals surface area (Å²) in [6.45, 7) is 3.43. The van der Waals surface area contributed by atoms with Gasteiger partial charge in [0.2, 0.25) is 11.8 Å². The molecule has 36 heavy (non-hydrogen) atoms. The summed E-state index contributed by atoms with van der Waals surface area (Å²) >= 11 is 1.12. The fourth-order valence-corrected chi connectivity index (χ4v) is 4.07. The summed E-state index contributed by atoms with van der Waals surface area (Å²) in [6, 6.07) is 16.6. The van der Waals surface area contributed by atoms with Crippen molar-refractivity contribution >= 4 is 46.4 Å². The molecule has 2 heterocycles. The molecule has 1 amide bonds. The first-order valence-electron chi connectivity index (χ1n) is 11.2. The number of anilines is 1. The fraction of sp³-hybridized carbons (Fsp3) is 0.240. The Morgan fingerprint density at radius 1 is 1.22 bits per heavy atom. The maximum absolute atomic E-state index is 13.3. The first-order chi connectivity index (χ1) is 17.6. The molecule has 3 aromatic rings. The van der Waals surface area contributed by atoms with Gasteiger partial charge in [-0.3, -0.25) is 14.2 Å². The van der Waals surface area contributed by atoms with Gasteiger partial charge in [0.25, 0.3) is 12.1 Å². The number of amidine groups is 1. The monoisotopic (exact) mass is 507 g/mol. The molecule has 0 atom stereocenters. The Labute approximate surface area is 212 Å². The SMILES string of the molecule is CCOc1ccc(/C=C2/N=C(SC/C([O-])=N/c3c[n+](CCOC)no3)N(c3ccccc3)C2=O)cc1. The minimum atomic E-state index is -0.442. The van der Waals surface area contributed by atoms with Crippen LogP contribution in [0.1, 0.15) is 12.5 Å². The van der Waals surface area contributed by atoms with Gasteiger partial charge in [-0.2, -0.15) is 0 Å². The van der Waals surface area contributed by atoms with E-state index >= 15 is 0 Å². The van der Waals surface area contributed by atoms with E-state index in [2.05, 4.69) is 15.3 Å². The van der Waals surface area contributed by atoms with Crippen LogP contribution in [0, 0.1) is 0 Å². The first kappa shape index (κ1) is 25.1. The summed E-state index contributed by atoms with van der Waals surface area (Å²) in [6.07, 6.45) is 3.23.